The van der Waals surface area contributed by atoms with E-state index in [2.05, 4.69) is 0 Å². The Bertz CT molecular complexity index is 1470. The van der Waals surface area contributed by atoms with Crippen LogP contribution in [-0.2, 0) is 9.47 Å². The fourth-order valence-corrected chi connectivity index (χ4v) is 5.14. The third kappa shape index (κ3) is 5.50. The lowest BCUT2D eigenvalue weighted by molar-refractivity contribution is 0.0888. The highest BCUT2D eigenvalue weighted by molar-refractivity contribution is 6.37. The lowest BCUT2D eigenvalue weighted by Crippen LogP contribution is -2.43. The number of nitrogens with zero attached hydrogens (tertiary/aromatic N) is 2. The first-order valence-corrected chi connectivity index (χ1v) is 14.7. The molecule has 3 aromatic rings. The molecule has 3 aromatic carbocycles. The van der Waals surface area contributed by atoms with Gasteiger partial charge in [0.15, 0.2) is 0 Å². The number of amides is 4. The van der Waals surface area contributed by atoms with Gasteiger partial charge in [-0.25, -0.2) is 14.5 Å². The summed E-state index contributed by atoms with van der Waals surface area (Å²) >= 11 is 0. The van der Waals surface area contributed by atoms with Gasteiger partial charge in [-0.15, -0.1) is 0 Å². The number of carbonyl (C=O) groups is 4. The van der Waals surface area contributed by atoms with Crippen LogP contribution in [0.15, 0.2) is 48.5 Å². The Labute approximate surface area is 247 Å². The van der Waals surface area contributed by atoms with E-state index in [0.29, 0.717) is 40.4 Å². The molecule has 4 amide bonds. The molecule has 0 N–H and O–H groups in total. The minimum Gasteiger partial charge on any atom is -0.446 e. The van der Waals surface area contributed by atoms with Crippen molar-refractivity contribution in [3.8, 4) is 0 Å². The van der Waals surface area contributed by atoms with Crippen LogP contribution in [0.2, 0.25) is 0 Å². The van der Waals surface area contributed by atoms with Gasteiger partial charge in [0.05, 0.1) is 11.4 Å². The first-order chi connectivity index (χ1) is 19.9. The molecule has 8 nitrogen and oxygen atoms in total. The quantitative estimate of drug-likeness (QED) is 0.251. The van der Waals surface area contributed by atoms with Gasteiger partial charge in [-0.1, -0.05) is 71.9 Å². The molecular formula is C34H40N2O6. The summed E-state index contributed by atoms with van der Waals surface area (Å²) in [6.45, 7) is 15.4. The van der Waals surface area contributed by atoms with Gasteiger partial charge in [-0.05, 0) is 67.9 Å². The van der Waals surface area contributed by atoms with Crippen LogP contribution in [0.3, 0.4) is 0 Å². The van der Waals surface area contributed by atoms with Crippen LogP contribution in [0.1, 0.15) is 112 Å². The van der Waals surface area contributed by atoms with E-state index in [-0.39, 0.29) is 17.5 Å². The van der Waals surface area contributed by atoms with Crippen molar-refractivity contribution in [2.45, 2.75) is 92.3 Å². The molecule has 1 heterocycles. The van der Waals surface area contributed by atoms with Crippen LogP contribution in [0, 0.1) is 0 Å². The molecule has 222 valence electrons. The Morgan fingerprint density at radius 1 is 0.714 bits per heavy atom. The van der Waals surface area contributed by atoms with Gasteiger partial charge in [0.1, 0.15) is 12.2 Å². The largest absolute Gasteiger partial charge is 0.446 e. The molecule has 8 heteroatoms. The molecule has 0 saturated heterocycles. The fraction of sp³-hybridized carbons (Fsp3) is 0.412. The number of hydrogen-bond donors (Lipinski definition) is 0. The van der Waals surface area contributed by atoms with Crippen molar-refractivity contribution in [2.75, 3.05) is 9.80 Å². The monoisotopic (exact) mass is 572 g/mol. The van der Waals surface area contributed by atoms with Crippen LogP contribution in [0.4, 0.5) is 21.0 Å². The number of ether oxygens (including phenoxy) is 2. The average molecular weight is 573 g/mol. The SMILES string of the molecule is CCC(C)OC(=O)N(C(=O)OC(C)CC)c1ccc2c3c(cccc13)C(=O)N(c1c(C(C)C)cccc1C(C)C)C2=O. The average Bonchev–Trinajstić information content (AvgIpc) is 2.95. The molecule has 4 rings (SSSR count). The molecule has 1 aliphatic heterocycles. The van der Waals surface area contributed by atoms with E-state index in [1.54, 1.807) is 44.2 Å². The Morgan fingerprint density at radius 2 is 1.19 bits per heavy atom. The number of carbonyl (C=O) groups excluding carboxylic acids is 4. The van der Waals surface area contributed by atoms with E-state index in [1.807, 2.05) is 59.7 Å². The maximum absolute atomic E-state index is 14.2. The van der Waals surface area contributed by atoms with E-state index in [0.717, 1.165) is 16.0 Å². The summed E-state index contributed by atoms with van der Waals surface area (Å²) in [7, 11) is 0. The minimum atomic E-state index is -0.888. The predicted octanol–water partition coefficient (Wildman–Crippen LogP) is 8.56. The summed E-state index contributed by atoms with van der Waals surface area (Å²) in [5.41, 5.74) is 3.21. The zero-order valence-electron chi connectivity index (χ0n) is 25.7. The first kappa shape index (κ1) is 30.8. The molecular weight excluding hydrogens is 532 g/mol. The Hall–Kier alpha value is -4.20. The van der Waals surface area contributed by atoms with Gasteiger partial charge in [-0.2, -0.15) is 4.90 Å². The van der Waals surface area contributed by atoms with Crippen molar-refractivity contribution >= 4 is 46.1 Å². The van der Waals surface area contributed by atoms with E-state index in [9.17, 15) is 19.2 Å². The number of anilines is 2. The van der Waals surface area contributed by atoms with Gasteiger partial charge in [0.2, 0.25) is 0 Å². The topological polar surface area (TPSA) is 93.2 Å². The smallest absolute Gasteiger partial charge is 0.424 e. The molecule has 1 aliphatic rings. The number of para-hydroxylation sites is 1. The highest BCUT2D eigenvalue weighted by Gasteiger charge is 2.39. The van der Waals surface area contributed by atoms with Crippen molar-refractivity contribution in [1.29, 1.82) is 0 Å². The second-order valence-corrected chi connectivity index (χ2v) is 11.4. The Balaban J connectivity index is 1.92. The third-order valence-electron chi connectivity index (χ3n) is 7.81. The Kier molecular flexibility index (Phi) is 9.04. The van der Waals surface area contributed by atoms with Crippen LogP contribution < -0.4 is 9.80 Å². The fourth-order valence-electron chi connectivity index (χ4n) is 5.14. The van der Waals surface area contributed by atoms with E-state index in [1.165, 1.54) is 4.90 Å². The van der Waals surface area contributed by atoms with Gasteiger partial charge in [0, 0.05) is 21.9 Å². The lowest BCUT2D eigenvalue weighted by Gasteiger charge is -2.33. The summed E-state index contributed by atoms with van der Waals surface area (Å²) < 4.78 is 11.1. The van der Waals surface area contributed by atoms with E-state index >= 15 is 0 Å². The van der Waals surface area contributed by atoms with E-state index in [4.69, 9.17) is 9.47 Å². The van der Waals surface area contributed by atoms with Crippen molar-refractivity contribution in [2.24, 2.45) is 0 Å². The molecule has 42 heavy (non-hydrogen) atoms. The van der Waals surface area contributed by atoms with Crippen LogP contribution in [-0.4, -0.2) is 36.2 Å². The normalized spacial score (nSPS) is 14.4. The molecule has 0 spiro atoms. The van der Waals surface area contributed by atoms with Crippen molar-refractivity contribution in [1.82, 2.24) is 0 Å². The number of benzene rings is 3. The molecule has 2 unspecified atom stereocenters. The standard InChI is InChI=1S/C34H40N2O6/c1-9-21(7)41-33(39)35(34(40)42-22(8)10-2)28-18-17-27-29-25(28)15-12-16-26(29)31(37)36(32(27)38)30-23(19(3)4)13-11-14-24(30)20(5)6/h11-22H,9-10H2,1-8H3. The summed E-state index contributed by atoms with van der Waals surface area (Å²) in [4.78, 5) is 57.2. The predicted molar refractivity (Wildman–Crippen MR) is 165 cm³/mol. The molecule has 0 aliphatic carbocycles. The van der Waals surface area contributed by atoms with Crippen LogP contribution in [0.25, 0.3) is 10.8 Å². The zero-order chi connectivity index (χ0) is 30.9. The van der Waals surface area contributed by atoms with Gasteiger partial charge < -0.3 is 9.47 Å². The maximum atomic E-state index is 14.2. The van der Waals surface area contributed by atoms with Gasteiger partial charge in [-0.3, -0.25) is 9.59 Å². The first-order valence-electron chi connectivity index (χ1n) is 14.7. The molecule has 0 aromatic heterocycles. The van der Waals surface area contributed by atoms with Crippen molar-refractivity contribution < 1.29 is 28.7 Å². The number of hydrogen-bond acceptors (Lipinski definition) is 6. The Morgan fingerprint density at radius 3 is 1.67 bits per heavy atom. The van der Waals surface area contributed by atoms with Crippen LogP contribution in [0.5, 0.6) is 0 Å². The number of rotatable bonds is 8. The summed E-state index contributed by atoms with van der Waals surface area (Å²) in [5.74, 6) is -0.775. The zero-order valence-corrected chi connectivity index (χ0v) is 25.7. The number of imide groups is 2. The summed E-state index contributed by atoms with van der Waals surface area (Å²) in [6, 6.07) is 14.0. The molecule has 0 fully saturated rings. The van der Waals surface area contributed by atoms with Gasteiger partial charge in [0.25, 0.3) is 11.8 Å². The van der Waals surface area contributed by atoms with E-state index < -0.39 is 36.2 Å². The maximum Gasteiger partial charge on any atom is 0.424 e. The van der Waals surface area contributed by atoms with Crippen molar-refractivity contribution in [3.63, 3.8) is 0 Å². The van der Waals surface area contributed by atoms with Crippen molar-refractivity contribution in [3.05, 3.63) is 70.8 Å². The van der Waals surface area contributed by atoms with Gasteiger partial charge >= 0.3 is 12.2 Å². The summed E-state index contributed by atoms with van der Waals surface area (Å²) in [6.07, 6.45) is -1.55. The highest BCUT2D eigenvalue weighted by atomic mass is 16.6. The third-order valence-corrected chi connectivity index (χ3v) is 7.81. The second-order valence-electron chi connectivity index (χ2n) is 11.4. The van der Waals surface area contributed by atoms with Crippen LogP contribution >= 0.6 is 0 Å². The molecule has 0 bridgehead atoms. The molecule has 2 atom stereocenters. The molecule has 0 saturated carbocycles. The summed E-state index contributed by atoms with van der Waals surface area (Å²) in [5, 5.41) is 0.779. The molecule has 0 radical (unpaired) electrons. The minimum absolute atomic E-state index is 0.0699. The second kappa shape index (κ2) is 12.3. The lowest BCUT2D eigenvalue weighted by atomic mass is 9.88. The highest BCUT2D eigenvalue weighted by Crippen LogP contribution is 2.42.